The van der Waals surface area contributed by atoms with Gasteiger partial charge < -0.3 is 10.4 Å². The first kappa shape index (κ1) is 16.5. The van der Waals surface area contributed by atoms with Crippen LogP contribution in [0.1, 0.15) is 30.8 Å². The summed E-state index contributed by atoms with van der Waals surface area (Å²) in [7, 11) is 0. The van der Waals surface area contributed by atoms with Crippen molar-refractivity contribution in [3.63, 3.8) is 0 Å². The number of para-hydroxylation sites is 1. The monoisotopic (exact) mass is 322 g/mol. The molecule has 6 nitrogen and oxygen atoms in total. The van der Waals surface area contributed by atoms with Gasteiger partial charge >= 0.3 is 0 Å². The molecule has 2 atom stereocenters. The fraction of sp³-hybridized carbons (Fsp3) is 0.400. The minimum absolute atomic E-state index is 0.124. The molecule has 118 valence electrons. The Morgan fingerprint density at radius 1 is 1.45 bits per heavy atom. The Morgan fingerprint density at radius 2 is 2.18 bits per heavy atom. The lowest BCUT2D eigenvalue weighted by atomic mass is 10.0. The number of amides is 1. The number of rotatable bonds is 6. The van der Waals surface area contributed by atoms with Crippen LogP contribution in [0.5, 0.6) is 0 Å². The van der Waals surface area contributed by atoms with Crippen molar-refractivity contribution in [1.82, 2.24) is 20.3 Å². The second-order valence-electron chi connectivity index (χ2n) is 5.16. The number of benzene rings is 1. The molecular formula is C15H19ClN4O2. The van der Waals surface area contributed by atoms with Gasteiger partial charge in [0.15, 0.2) is 5.69 Å². The Labute approximate surface area is 134 Å². The molecule has 0 bridgehead atoms. The number of halogens is 1. The van der Waals surface area contributed by atoms with E-state index in [2.05, 4.69) is 15.6 Å². The summed E-state index contributed by atoms with van der Waals surface area (Å²) in [5.41, 5.74) is 0.826. The third-order valence-corrected chi connectivity index (χ3v) is 3.92. The van der Waals surface area contributed by atoms with Crippen molar-refractivity contribution >= 4 is 17.5 Å². The van der Waals surface area contributed by atoms with E-state index in [9.17, 15) is 9.90 Å². The fourth-order valence-electron chi connectivity index (χ4n) is 1.88. The predicted octanol–water partition coefficient (Wildman–Crippen LogP) is 2.06. The van der Waals surface area contributed by atoms with E-state index in [-0.39, 0.29) is 24.1 Å². The topological polar surface area (TPSA) is 80.0 Å². The maximum Gasteiger partial charge on any atom is 0.273 e. The molecule has 1 heterocycles. The highest BCUT2D eigenvalue weighted by Crippen LogP contribution is 2.18. The summed E-state index contributed by atoms with van der Waals surface area (Å²) in [6.45, 7) is 4.11. The number of nitrogens with one attached hydrogen (secondary N) is 1. The normalized spacial score (nSPS) is 13.6. The molecule has 0 aliphatic rings. The van der Waals surface area contributed by atoms with Crippen molar-refractivity contribution in [2.24, 2.45) is 5.92 Å². The van der Waals surface area contributed by atoms with Crippen LogP contribution in [-0.4, -0.2) is 38.7 Å². The molecule has 1 amide bonds. The van der Waals surface area contributed by atoms with Gasteiger partial charge in [0.2, 0.25) is 0 Å². The lowest BCUT2D eigenvalue weighted by molar-refractivity contribution is 0.0846. The lowest BCUT2D eigenvalue weighted by Crippen LogP contribution is -2.35. The second-order valence-corrected chi connectivity index (χ2v) is 5.57. The highest BCUT2D eigenvalue weighted by atomic mass is 35.5. The maximum absolute atomic E-state index is 12.0. The molecule has 0 saturated carbocycles. The van der Waals surface area contributed by atoms with Gasteiger partial charge in [-0.3, -0.25) is 4.79 Å². The van der Waals surface area contributed by atoms with E-state index >= 15 is 0 Å². The molecule has 22 heavy (non-hydrogen) atoms. The molecule has 1 aromatic heterocycles. The van der Waals surface area contributed by atoms with Gasteiger partial charge in [0.25, 0.3) is 5.91 Å². The fourth-order valence-corrected chi connectivity index (χ4v) is 2.11. The van der Waals surface area contributed by atoms with E-state index in [4.69, 9.17) is 11.6 Å². The van der Waals surface area contributed by atoms with Crippen LogP contribution >= 0.6 is 11.6 Å². The molecule has 0 fully saturated rings. The Balaban J connectivity index is 2.02. The van der Waals surface area contributed by atoms with Gasteiger partial charge in [0.05, 0.1) is 23.0 Å². The van der Waals surface area contributed by atoms with Crippen molar-refractivity contribution < 1.29 is 9.90 Å². The summed E-state index contributed by atoms with van der Waals surface area (Å²) in [4.78, 5) is 12.0. The Kier molecular flexibility index (Phi) is 5.51. The summed E-state index contributed by atoms with van der Waals surface area (Å²) in [5, 5.41) is 20.8. The Morgan fingerprint density at radius 3 is 2.86 bits per heavy atom. The minimum atomic E-state index is -0.576. The van der Waals surface area contributed by atoms with E-state index in [0.29, 0.717) is 10.7 Å². The highest BCUT2D eigenvalue weighted by molar-refractivity contribution is 6.32. The van der Waals surface area contributed by atoms with Crippen molar-refractivity contribution in [3.05, 3.63) is 41.2 Å². The Bertz CT molecular complexity index is 644. The standard InChI is InChI=1S/C15H19ClN4O2/c1-3-10(2)14(21)8-17-15(22)12-9-20(19-18-12)13-7-5-4-6-11(13)16/h4-7,9-10,14,21H,3,8H2,1-2H3,(H,17,22). The number of nitrogens with zero attached hydrogens (tertiary/aromatic N) is 3. The van der Waals surface area contributed by atoms with Gasteiger partial charge in [-0.25, -0.2) is 4.68 Å². The third-order valence-electron chi connectivity index (χ3n) is 3.60. The summed E-state index contributed by atoms with van der Waals surface area (Å²) in [6.07, 6.45) is 1.78. The van der Waals surface area contributed by atoms with Crippen LogP contribution in [-0.2, 0) is 0 Å². The van der Waals surface area contributed by atoms with E-state index in [1.807, 2.05) is 26.0 Å². The van der Waals surface area contributed by atoms with E-state index in [1.165, 1.54) is 10.9 Å². The minimum Gasteiger partial charge on any atom is -0.391 e. The molecule has 0 radical (unpaired) electrons. The number of aromatic nitrogens is 3. The predicted molar refractivity (Wildman–Crippen MR) is 84.2 cm³/mol. The average molecular weight is 323 g/mol. The van der Waals surface area contributed by atoms with Crippen LogP contribution in [0.2, 0.25) is 5.02 Å². The molecule has 7 heteroatoms. The van der Waals surface area contributed by atoms with Gasteiger partial charge in [-0.1, -0.05) is 49.2 Å². The molecule has 0 spiro atoms. The zero-order valence-corrected chi connectivity index (χ0v) is 13.3. The molecule has 2 aromatic rings. The molecule has 1 aromatic carbocycles. The molecule has 2 N–H and O–H groups in total. The smallest absolute Gasteiger partial charge is 0.273 e. The van der Waals surface area contributed by atoms with E-state index in [1.54, 1.807) is 12.1 Å². The number of carbonyl (C=O) groups excluding carboxylic acids is 1. The zero-order chi connectivity index (χ0) is 16.1. The SMILES string of the molecule is CCC(C)C(O)CNC(=O)c1cn(-c2ccccc2Cl)nn1. The van der Waals surface area contributed by atoms with Gasteiger partial charge in [0, 0.05) is 6.54 Å². The number of hydrogen-bond acceptors (Lipinski definition) is 4. The molecule has 0 saturated heterocycles. The van der Waals surface area contributed by atoms with Crippen LogP contribution in [0, 0.1) is 5.92 Å². The zero-order valence-electron chi connectivity index (χ0n) is 12.5. The van der Waals surface area contributed by atoms with Crippen molar-refractivity contribution in [2.45, 2.75) is 26.4 Å². The number of carbonyl (C=O) groups is 1. The van der Waals surface area contributed by atoms with Crippen LogP contribution in [0.4, 0.5) is 0 Å². The maximum atomic E-state index is 12.0. The summed E-state index contributed by atoms with van der Waals surface area (Å²) in [6, 6.07) is 7.16. The molecule has 0 aliphatic carbocycles. The quantitative estimate of drug-likeness (QED) is 0.853. The summed E-state index contributed by atoms with van der Waals surface area (Å²) in [5.74, 6) is -0.250. The Hall–Kier alpha value is -1.92. The number of aliphatic hydroxyl groups is 1. The number of aliphatic hydroxyl groups excluding tert-OH is 1. The first-order valence-electron chi connectivity index (χ1n) is 7.16. The van der Waals surface area contributed by atoms with Gasteiger partial charge in [-0.15, -0.1) is 5.10 Å². The molecule has 2 unspecified atom stereocenters. The molecular weight excluding hydrogens is 304 g/mol. The van der Waals surface area contributed by atoms with E-state index < -0.39 is 6.10 Å². The van der Waals surface area contributed by atoms with Crippen molar-refractivity contribution in [2.75, 3.05) is 6.54 Å². The number of hydrogen-bond donors (Lipinski definition) is 2. The van der Waals surface area contributed by atoms with Crippen LogP contribution < -0.4 is 5.32 Å². The average Bonchev–Trinajstić information content (AvgIpc) is 3.01. The van der Waals surface area contributed by atoms with Crippen molar-refractivity contribution in [1.29, 1.82) is 0 Å². The van der Waals surface area contributed by atoms with Crippen LogP contribution in [0.15, 0.2) is 30.5 Å². The lowest BCUT2D eigenvalue weighted by Gasteiger charge is -2.16. The van der Waals surface area contributed by atoms with Gasteiger partial charge in [0.1, 0.15) is 0 Å². The van der Waals surface area contributed by atoms with Crippen molar-refractivity contribution in [3.8, 4) is 5.69 Å². The largest absolute Gasteiger partial charge is 0.391 e. The van der Waals surface area contributed by atoms with Gasteiger partial charge in [-0.05, 0) is 18.1 Å². The molecule has 2 rings (SSSR count). The van der Waals surface area contributed by atoms with Gasteiger partial charge in [-0.2, -0.15) is 0 Å². The molecule has 0 aliphatic heterocycles. The van der Waals surface area contributed by atoms with Crippen LogP contribution in [0.25, 0.3) is 5.69 Å². The summed E-state index contributed by atoms with van der Waals surface area (Å²) >= 11 is 6.08. The van der Waals surface area contributed by atoms with Crippen LogP contribution in [0.3, 0.4) is 0 Å². The van der Waals surface area contributed by atoms with E-state index in [0.717, 1.165) is 6.42 Å². The third kappa shape index (κ3) is 3.84. The first-order chi connectivity index (χ1) is 10.5. The highest BCUT2D eigenvalue weighted by Gasteiger charge is 2.16. The summed E-state index contributed by atoms with van der Waals surface area (Å²) < 4.78 is 1.45. The first-order valence-corrected chi connectivity index (χ1v) is 7.54. The second kappa shape index (κ2) is 7.38.